The summed E-state index contributed by atoms with van der Waals surface area (Å²) in [4.78, 5) is 13.2. The largest absolute Gasteiger partial charge is 0.469 e. The number of methoxy groups -OCH3 is 1. The fraction of sp³-hybridized carbons (Fsp3) is 0.909. The van der Waals surface area contributed by atoms with E-state index in [1.165, 1.54) is 7.11 Å². The number of esters is 1. The smallest absolute Gasteiger partial charge is 0.305 e. The molecule has 1 aliphatic heterocycles. The zero-order valence-electron chi connectivity index (χ0n) is 9.61. The van der Waals surface area contributed by atoms with Crippen LogP contribution in [-0.2, 0) is 9.53 Å². The van der Waals surface area contributed by atoms with Gasteiger partial charge in [0.1, 0.15) is 0 Å². The minimum absolute atomic E-state index is 0.181. The molecule has 1 heterocycles. The summed E-state index contributed by atoms with van der Waals surface area (Å²) in [5.41, 5.74) is 0. The van der Waals surface area contributed by atoms with Gasteiger partial charge >= 0.3 is 5.97 Å². The van der Waals surface area contributed by atoms with E-state index >= 15 is 0 Å². The Kier molecular flexibility index (Phi) is 5.05. The minimum atomic E-state index is -0.264. The number of aliphatic hydroxyl groups excluding tert-OH is 1. The molecule has 88 valence electrons. The Morgan fingerprint density at radius 2 is 2.13 bits per heavy atom. The van der Waals surface area contributed by atoms with Crippen LogP contribution in [0, 0.1) is 5.92 Å². The molecule has 1 aliphatic rings. The van der Waals surface area contributed by atoms with Crippen LogP contribution >= 0.6 is 0 Å². The number of hydrogen-bond donors (Lipinski definition) is 1. The number of rotatable bonds is 3. The molecule has 0 bridgehead atoms. The summed E-state index contributed by atoms with van der Waals surface area (Å²) >= 11 is 0. The summed E-state index contributed by atoms with van der Waals surface area (Å²) in [6, 6.07) is 0. The lowest BCUT2D eigenvalue weighted by atomic mass is 9.92. The monoisotopic (exact) mass is 215 g/mol. The average Bonchev–Trinajstić information content (AvgIpc) is 2.39. The SMILES string of the molecule is COC(=O)CCC1CCN(C)CCC1O. The average molecular weight is 215 g/mol. The Balaban J connectivity index is 2.35. The molecule has 0 radical (unpaired) electrons. The summed E-state index contributed by atoms with van der Waals surface area (Å²) in [6.07, 6.45) is 2.67. The molecule has 1 fully saturated rings. The van der Waals surface area contributed by atoms with E-state index in [0.717, 1.165) is 32.4 Å². The van der Waals surface area contributed by atoms with E-state index in [9.17, 15) is 9.90 Å². The van der Waals surface area contributed by atoms with Gasteiger partial charge in [0, 0.05) is 13.0 Å². The first-order valence-electron chi connectivity index (χ1n) is 5.57. The molecular formula is C11H21NO3. The molecule has 4 heteroatoms. The van der Waals surface area contributed by atoms with E-state index in [4.69, 9.17) is 0 Å². The number of likely N-dealkylation sites (tertiary alicyclic amines) is 1. The van der Waals surface area contributed by atoms with Crippen molar-refractivity contribution < 1.29 is 14.6 Å². The summed E-state index contributed by atoms with van der Waals surface area (Å²) in [7, 11) is 3.47. The molecule has 15 heavy (non-hydrogen) atoms. The first kappa shape index (κ1) is 12.5. The highest BCUT2D eigenvalue weighted by Gasteiger charge is 2.23. The van der Waals surface area contributed by atoms with Gasteiger partial charge in [-0.1, -0.05) is 0 Å². The summed E-state index contributed by atoms with van der Waals surface area (Å²) < 4.78 is 4.60. The van der Waals surface area contributed by atoms with Gasteiger partial charge < -0.3 is 14.7 Å². The van der Waals surface area contributed by atoms with E-state index in [2.05, 4.69) is 16.7 Å². The van der Waals surface area contributed by atoms with Gasteiger partial charge in [-0.25, -0.2) is 0 Å². The third kappa shape index (κ3) is 4.18. The first-order chi connectivity index (χ1) is 7.13. The van der Waals surface area contributed by atoms with Gasteiger partial charge in [-0.2, -0.15) is 0 Å². The van der Waals surface area contributed by atoms with Crippen LogP contribution in [-0.4, -0.2) is 49.3 Å². The van der Waals surface area contributed by atoms with Crippen LogP contribution in [0.2, 0.25) is 0 Å². The molecule has 0 aromatic rings. The van der Waals surface area contributed by atoms with Gasteiger partial charge in [-0.3, -0.25) is 4.79 Å². The predicted molar refractivity (Wildman–Crippen MR) is 57.5 cm³/mol. The lowest BCUT2D eigenvalue weighted by molar-refractivity contribution is -0.141. The molecule has 0 amide bonds. The summed E-state index contributed by atoms with van der Waals surface area (Å²) in [5, 5.41) is 9.87. The normalized spacial score (nSPS) is 28.5. The van der Waals surface area contributed by atoms with E-state index in [1.807, 2.05) is 0 Å². The highest BCUT2D eigenvalue weighted by molar-refractivity contribution is 5.69. The van der Waals surface area contributed by atoms with Gasteiger partial charge in [0.05, 0.1) is 13.2 Å². The Morgan fingerprint density at radius 1 is 1.47 bits per heavy atom. The van der Waals surface area contributed by atoms with Crippen LogP contribution in [0.4, 0.5) is 0 Å². The van der Waals surface area contributed by atoms with Crippen molar-refractivity contribution in [3.05, 3.63) is 0 Å². The summed E-state index contributed by atoms with van der Waals surface area (Å²) in [6.45, 7) is 1.94. The van der Waals surface area contributed by atoms with Crippen molar-refractivity contribution >= 4 is 5.97 Å². The van der Waals surface area contributed by atoms with Crippen LogP contribution in [0.1, 0.15) is 25.7 Å². The molecule has 4 nitrogen and oxygen atoms in total. The van der Waals surface area contributed by atoms with E-state index in [0.29, 0.717) is 6.42 Å². The lowest BCUT2D eigenvalue weighted by Gasteiger charge is -2.18. The van der Waals surface area contributed by atoms with E-state index in [1.54, 1.807) is 0 Å². The van der Waals surface area contributed by atoms with Gasteiger partial charge in [-0.15, -0.1) is 0 Å². The Hall–Kier alpha value is -0.610. The number of carbonyl (C=O) groups is 1. The van der Waals surface area contributed by atoms with Crippen molar-refractivity contribution in [2.45, 2.75) is 31.8 Å². The van der Waals surface area contributed by atoms with Gasteiger partial charge in [-0.05, 0) is 38.8 Å². The van der Waals surface area contributed by atoms with Gasteiger partial charge in [0.15, 0.2) is 0 Å². The molecule has 1 N–H and O–H groups in total. The topological polar surface area (TPSA) is 49.8 Å². The van der Waals surface area contributed by atoms with Crippen molar-refractivity contribution in [3.63, 3.8) is 0 Å². The molecule has 2 unspecified atom stereocenters. The molecular weight excluding hydrogens is 194 g/mol. The van der Waals surface area contributed by atoms with Crippen LogP contribution in [0.3, 0.4) is 0 Å². The van der Waals surface area contributed by atoms with Gasteiger partial charge in [0.25, 0.3) is 0 Å². The fourth-order valence-corrected chi connectivity index (χ4v) is 2.02. The zero-order chi connectivity index (χ0) is 11.3. The lowest BCUT2D eigenvalue weighted by Crippen LogP contribution is -2.21. The van der Waals surface area contributed by atoms with E-state index < -0.39 is 0 Å². The predicted octanol–water partition coefficient (Wildman–Crippen LogP) is 0.642. The molecule has 0 aromatic carbocycles. The standard InChI is InChI=1S/C11H21NO3/c1-12-7-5-9(10(13)6-8-12)3-4-11(14)15-2/h9-10,13H,3-8H2,1-2H3. The highest BCUT2D eigenvalue weighted by atomic mass is 16.5. The maximum atomic E-state index is 11.0. The maximum absolute atomic E-state index is 11.0. The second kappa shape index (κ2) is 6.08. The molecule has 0 spiro atoms. The number of aliphatic hydroxyl groups is 1. The van der Waals surface area contributed by atoms with Gasteiger partial charge in [0.2, 0.25) is 0 Å². The first-order valence-corrected chi connectivity index (χ1v) is 5.57. The Bertz CT molecular complexity index is 208. The highest BCUT2D eigenvalue weighted by Crippen LogP contribution is 2.22. The zero-order valence-corrected chi connectivity index (χ0v) is 9.61. The van der Waals surface area contributed by atoms with Crippen molar-refractivity contribution in [2.75, 3.05) is 27.2 Å². The molecule has 1 saturated heterocycles. The maximum Gasteiger partial charge on any atom is 0.305 e. The molecule has 2 atom stereocenters. The second-order valence-corrected chi connectivity index (χ2v) is 4.32. The molecule has 0 saturated carbocycles. The van der Waals surface area contributed by atoms with Crippen molar-refractivity contribution in [1.29, 1.82) is 0 Å². The number of carbonyl (C=O) groups excluding carboxylic acids is 1. The number of nitrogens with zero attached hydrogens (tertiary/aromatic N) is 1. The van der Waals surface area contributed by atoms with Crippen molar-refractivity contribution in [3.8, 4) is 0 Å². The third-order valence-corrected chi connectivity index (χ3v) is 3.18. The minimum Gasteiger partial charge on any atom is -0.469 e. The number of hydrogen-bond acceptors (Lipinski definition) is 4. The van der Waals surface area contributed by atoms with Crippen molar-refractivity contribution in [1.82, 2.24) is 4.90 Å². The van der Waals surface area contributed by atoms with Crippen molar-refractivity contribution in [2.24, 2.45) is 5.92 Å². The van der Waals surface area contributed by atoms with Crippen LogP contribution in [0.5, 0.6) is 0 Å². The Morgan fingerprint density at radius 3 is 2.80 bits per heavy atom. The molecule has 0 aromatic heterocycles. The Labute approximate surface area is 91.2 Å². The van der Waals surface area contributed by atoms with Crippen LogP contribution in [0.15, 0.2) is 0 Å². The fourth-order valence-electron chi connectivity index (χ4n) is 2.02. The molecule has 1 rings (SSSR count). The third-order valence-electron chi connectivity index (χ3n) is 3.18. The summed E-state index contributed by atoms with van der Waals surface area (Å²) in [5.74, 6) is 0.0638. The van der Waals surface area contributed by atoms with E-state index in [-0.39, 0.29) is 18.0 Å². The quantitative estimate of drug-likeness (QED) is 0.702. The van der Waals surface area contributed by atoms with Crippen LogP contribution in [0.25, 0.3) is 0 Å². The second-order valence-electron chi connectivity index (χ2n) is 4.32. The van der Waals surface area contributed by atoms with Crippen LogP contribution < -0.4 is 0 Å². The molecule has 0 aliphatic carbocycles. The number of ether oxygens (including phenoxy) is 1.